The van der Waals surface area contributed by atoms with E-state index in [4.69, 9.17) is 5.73 Å². The number of anilines is 1. The molecule has 0 saturated heterocycles. The van der Waals surface area contributed by atoms with Gasteiger partial charge in [-0.3, -0.25) is 4.79 Å². The third-order valence-electron chi connectivity index (χ3n) is 2.49. The number of benzene rings is 1. The maximum absolute atomic E-state index is 11.2. The lowest BCUT2D eigenvalue weighted by Gasteiger charge is -2.06. The number of nitrogens with two attached hydrogens (primary N) is 1. The van der Waals surface area contributed by atoms with Crippen molar-refractivity contribution < 1.29 is 4.79 Å². The normalized spacial score (nSPS) is 10.2. The van der Waals surface area contributed by atoms with Gasteiger partial charge < -0.3 is 5.73 Å². The third kappa shape index (κ3) is 2.53. The molecule has 2 N–H and O–H groups in total. The molecule has 2 aromatic rings. The van der Waals surface area contributed by atoms with Gasteiger partial charge in [-0.25, -0.2) is 4.98 Å². The summed E-state index contributed by atoms with van der Waals surface area (Å²) in [6.07, 6.45) is 1.66. The van der Waals surface area contributed by atoms with Gasteiger partial charge in [0.1, 0.15) is 5.82 Å². The van der Waals surface area contributed by atoms with E-state index < -0.39 is 0 Å². The van der Waals surface area contributed by atoms with Crippen LogP contribution < -0.4 is 5.73 Å². The van der Waals surface area contributed by atoms with Gasteiger partial charge in [-0.2, -0.15) is 0 Å². The van der Waals surface area contributed by atoms with E-state index in [9.17, 15) is 4.79 Å². The number of pyridine rings is 1. The van der Waals surface area contributed by atoms with E-state index in [0.717, 1.165) is 15.6 Å². The number of ketones is 1. The number of aromatic nitrogens is 1. The third-order valence-corrected chi connectivity index (χ3v) is 2.92. The summed E-state index contributed by atoms with van der Waals surface area (Å²) in [5.74, 6) is 0.528. The fraction of sp³-hybridized carbons (Fsp3) is 0.0769. The quantitative estimate of drug-likeness (QED) is 0.864. The molecule has 0 saturated carbocycles. The van der Waals surface area contributed by atoms with Crippen molar-refractivity contribution in [3.05, 3.63) is 46.6 Å². The second kappa shape index (κ2) is 4.67. The first-order chi connectivity index (χ1) is 8.08. The van der Waals surface area contributed by atoms with Gasteiger partial charge in [0.25, 0.3) is 0 Å². The first-order valence-corrected chi connectivity index (χ1v) is 5.89. The van der Waals surface area contributed by atoms with Gasteiger partial charge in [-0.15, -0.1) is 0 Å². The van der Waals surface area contributed by atoms with E-state index >= 15 is 0 Å². The molecule has 0 radical (unpaired) electrons. The monoisotopic (exact) mass is 290 g/mol. The van der Waals surface area contributed by atoms with E-state index in [1.54, 1.807) is 25.3 Å². The van der Waals surface area contributed by atoms with Gasteiger partial charge in [-0.1, -0.05) is 24.3 Å². The Hall–Kier alpha value is -1.68. The smallest absolute Gasteiger partial charge is 0.159 e. The molecule has 17 heavy (non-hydrogen) atoms. The first kappa shape index (κ1) is 11.8. The van der Waals surface area contributed by atoms with Crippen LogP contribution in [0.25, 0.3) is 11.1 Å². The van der Waals surface area contributed by atoms with Crippen LogP contribution in [-0.4, -0.2) is 10.8 Å². The minimum absolute atomic E-state index is 0.0527. The summed E-state index contributed by atoms with van der Waals surface area (Å²) in [7, 11) is 0. The number of carbonyl (C=O) groups is 1. The van der Waals surface area contributed by atoms with Crippen molar-refractivity contribution in [2.24, 2.45) is 0 Å². The summed E-state index contributed by atoms with van der Waals surface area (Å²) in [5, 5.41) is 0. The second-order valence-corrected chi connectivity index (χ2v) is 4.64. The second-order valence-electron chi connectivity index (χ2n) is 3.72. The van der Waals surface area contributed by atoms with Crippen LogP contribution in [0.3, 0.4) is 0 Å². The molecule has 86 valence electrons. The average molecular weight is 291 g/mol. The molecule has 2 rings (SSSR count). The highest BCUT2D eigenvalue weighted by atomic mass is 79.9. The molecule has 0 atom stereocenters. The molecule has 0 bridgehead atoms. The van der Waals surface area contributed by atoms with Crippen LogP contribution in [0.1, 0.15) is 17.3 Å². The first-order valence-electron chi connectivity index (χ1n) is 5.10. The van der Waals surface area contributed by atoms with E-state index in [1.165, 1.54) is 0 Å². The van der Waals surface area contributed by atoms with Crippen LogP contribution in [0.4, 0.5) is 5.82 Å². The van der Waals surface area contributed by atoms with Crippen molar-refractivity contribution in [3.8, 4) is 11.1 Å². The Balaban J connectivity index is 2.46. The lowest BCUT2D eigenvalue weighted by molar-refractivity contribution is 0.101. The molecule has 0 amide bonds. The number of rotatable bonds is 2. The molecule has 0 fully saturated rings. The number of halogens is 1. The van der Waals surface area contributed by atoms with E-state index in [1.807, 2.05) is 18.2 Å². The number of hydrogen-bond acceptors (Lipinski definition) is 3. The lowest BCUT2D eigenvalue weighted by atomic mass is 10.0. The summed E-state index contributed by atoms with van der Waals surface area (Å²) >= 11 is 3.36. The van der Waals surface area contributed by atoms with Gasteiger partial charge in [0.05, 0.1) is 0 Å². The zero-order valence-electron chi connectivity index (χ0n) is 9.27. The van der Waals surface area contributed by atoms with Crippen LogP contribution in [0, 0.1) is 0 Å². The molecule has 0 unspecified atom stereocenters. The van der Waals surface area contributed by atoms with Crippen molar-refractivity contribution in [2.75, 3.05) is 5.73 Å². The molecular weight excluding hydrogens is 280 g/mol. The molecular formula is C13H11BrN2O. The highest BCUT2D eigenvalue weighted by Crippen LogP contribution is 2.27. The largest absolute Gasteiger partial charge is 0.383 e. The Morgan fingerprint density at radius 2 is 1.94 bits per heavy atom. The highest BCUT2D eigenvalue weighted by molar-refractivity contribution is 9.10. The predicted octanol–water partition coefficient (Wildman–Crippen LogP) is 3.30. The van der Waals surface area contributed by atoms with Crippen LogP contribution in [0.2, 0.25) is 0 Å². The topological polar surface area (TPSA) is 56.0 Å². The number of hydrogen-bond donors (Lipinski definition) is 1. The molecule has 0 aliphatic carbocycles. The summed E-state index contributed by atoms with van der Waals surface area (Å²) in [5.41, 5.74) is 8.31. The molecule has 4 heteroatoms. The van der Waals surface area contributed by atoms with Crippen molar-refractivity contribution in [1.82, 2.24) is 4.98 Å². The van der Waals surface area contributed by atoms with Crippen LogP contribution in [0.5, 0.6) is 0 Å². The average Bonchev–Trinajstić information content (AvgIpc) is 2.32. The SMILES string of the molecule is CC(=O)c1ccc(-c2cc(Br)cnc2N)cc1. The van der Waals surface area contributed by atoms with Gasteiger partial charge in [0, 0.05) is 21.8 Å². The van der Waals surface area contributed by atoms with Gasteiger partial charge in [0.15, 0.2) is 5.78 Å². The Morgan fingerprint density at radius 1 is 1.29 bits per heavy atom. The molecule has 0 aliphatic heterocycles. The Bertz CT molecular complexity index is 564. The number of nitrogen functional groups attached to an aromatic ring is 1. The Morgan fingerprint density at radius 3 is 2.53 bits per heavy atom. The molecule has 1 heterocycles. The zero-order chi connectivity index (χ0) is 12.4. The number of Topliss-reactive ketones (excluding diaryl/α,β-unsaturated/α-hetero) is 1. The lowest BCUT2D eigenvalue weighted by Crippen LogP contribution is -1.95. The summed E-state index contributed by atoms with van der Waals surface area (Å²) in [4.78, 5) is 15.2. The van der Waals surface area contributed by atoms with Crippen molar-refractivity contribution in [2.45, 2.75) is 6.92 Å². The molecule has 1 aromatic carbocycles. The van der Waals surface area contributed by atoms with E-state index in [2.05, 4.69) is 20.9 Å². The summed E-state index contributed by atoms with van der Waals surface area (Å²) < 4.78 is 0.873. The summed E-state index contributed by atoms with van der Waals surface area (Å²) in [6, 6.07) is 9.23. The molecule has 3 nitrogen and oxygen atoms in total. The molecule has 0 aliphatic rings. The number of carbonyl (C=O) groups excluding carboxylic acids is 1. The fourth-order valence-corrected chi connectivity index (χ4v) is 1.90. The zero-order valence-corrected chi connectivity index (χ0v) is 10.9. The van der Waals surface area contributed by atoms with Gasteiger partial charge in [0.2, 0.25) is 0 Å². The number of nitrogens with zero attached hydrogens (tertiary/aromatic N) is 1. The van der Waals surface area contributed by atoms with Gasteiger partial charge in [-0.05, 0) is 34.5 Å². The van der Waals surface area contributed by atoms with Crippen molar-refractivity contribution in [3.63, 3.8) is 0 Å². The van der Waals surface area contributed by atoms with E-state index in [0.29, 0.717) is 11.4 Å². The Kier molecular flexibility index (Phi) is 3.24. The minimum atomic E-state index is 0.0527. The minimum Gasteiger partial charge on any atom is -0.383 e. The highest BCUT2D eigenvalue weighted by Gasteiger charge is 2.05. The standard InChI is InChI=1S/C13H11BrN2O/c1-8(17)9-2-4-10(5-3-9)12-6-11(14)7-16-13(12)15/h2-7H,1H3,(H2,15,16). The van der Waals surface area contributed by atoms with Crippen molar-refractivity contribution in [1.29, 1.82) is 0 Å². The van der Waals surface area contributed by atoms with E-state index in [-0.39, 0.29) is 5.78 Å². The summed E-state index contributed by atoms with van der Waals surface area (Å²) in [6.45, 7) is 1.55. The Labute approximate surface area is 108 Å². The van der Waals surface area contributed by atoms with Crippen LogP contribution in [0.15, 0.2) is 41.0 Å². The van der Waals surface area contributed by atoms with Gasteiger partial charge >= 0.3 is 0 Å². The molecule has 1 aromatic heterocycles. The fourth-order valence-electron chi connectivity index (χ4n) is 1.57. The van der Waals surface area contributed by atoms with Crippen LogP contribution >= 0.6 is 15.9 Å². The maximum Gasteiger partial charge on any atom is 0.159 e. The maximum atomic E-state index is 11.2. The predicted molar refractivity (Wildman–Crippen MR) is 71.8 cm³/mol. The van der Waals surface area contributed by atoms with Crippen molar-refractivity contribution >= 4 is 27.5 Å². The van der Waals surface area contributed by atoms with Crippen LogP contribution in [-0.2, 0) is 0 Å². The molecule has 0 spiro atoms.